The van der Waals surface area contributed by atoms with Gasteiger partial charge >= 0.3 is 0 Å². The first kappa shape index (κ1) is 13.8. The van der Waals surface area contributed by atoms with Crippen molar-refractivity contribution >= 4 is 17.5 Å². The van der Waals surface area contributed by atoms with Gasteiger partial charge in [0.05, 0.1) is 0 Å². The highest BCUT2D eigenvalue weighted by Gasteiger charge is 2.08. The number of hydrogen-bond donors (Lipinski definition) is 1. The second-order valence-electron chi connectivity index (χ2n) is 4.16. The zero-order valence-corrected chi connectivity index (χ0v) is 10.8. The summed E-state index contributed by atoms with van der Waals surface area (Å²) in [6.45, 7) is 2.59. The van der Waals surface area contributed by atoms with Crippen LogP contribution in [0.5, 0.6) is 0 Å². The van der Waals surface area contributed by atoms with Crippen LogP contribution in [0.1, 0.15) is 23.7 Å². The number of nitrogens with zero attached hydrogens (tertiary/aromatic N) is 1. The van der Waals surface area contributed by atoms with Crippen LogP contribution in [0.4, 0.5) is 0 Å². The van der Waals surface area contributed by atoms with Crippen molar-refractivity contribution < 1.29 is 4.79 Å². The number of rotatable bonds is 5. The SMILES string of the molecule is CC(CCCl)CNC(=O)c1ccn(C)c(=O)c1. The second-order valence-corrected chi connectivity index (χ2v) is 4.54. The summed E-state index contributed by atoms with van der Waals surface area (Å²) in [6.07, 6.45) is 2.44. The van der Waals surface area contributed by atoms with Crippen LogP contribution in [0.3, 0.4) is 0 Å². The van der Waals surface area contributed by atoms with Crippen molar-refractivity contribution in [2.24, 2.45) is 13.0 Å². The quantitative estimate of drug-likeness (QED) is 0.810. The molecule has 1 heterocycles. The first-order chi connectivity index (χ1) is 8.04. The molecule has 17 heavy (non-hydrogen) atoms. The molecule has 1 atom stereocenters. The molecule has 1 unspecified atom stereocenters. The molecule has 0 saturated carbocycles. The molecule has 0 aliphatic heterocycles. The van der Waals surface area contributed by atoms with Crippen molar-refractivity contribution in [3.8, 4) is 0 Å². The number of nitrogens with one attached hydrogen (secondary N) is 1. The highest BCUT2D eigenvalue weighted by atomic mass is 35.5. The van der Waals surface area contributed by atoms with Crippen LogP contribution >= 0.6 is 11.6 Å². The van der Waals surface area contributed by atoms with Gasteiger partial charge in [0.1, 0.15) is 0 Å². The molecule has 0 aromatic carbocycles. The average Bonchev–Trinajstić information content (AvgIpc) is 2.30. The summed E-state index contributed by atoms with van der Waals surface area (Å²) in [5.74, 6) is 0.704. The van der Waals surface area contributed by atoms with E-state index in [2.05, 4.69) is 5.32 Å². The lowest BCUT2D eigenvalue weighted by Gasteiger charge is -2.11. The van der Waals surface area contributed by atoms with Gasteiger partial charge in [-0.25, -0.2) is 0 Å². The van der Waals surface area contributed by atoms with E-state index in [1.54, 1.807) is 19.3 Å². The fourth-order valence-corrected chi connectivity index (χ4v) is 1.72. The van der Waals surface area contributed by atoms with Crippen molar-refractivity contribution in [1.29, 1.82) is 0 Å². The van der Waals surface area contributed by atoms with Crippen LogP contribution in [0.25, 0.3) is 0 Å². The zero-order valence-electron chi connectivity index (χ0n) is 10.1. The van der Waals surface area contributed by atoms with E-state index in [0.29, 0.717) is 23.9 Å². The Morgan fingerprint density at radius 1 is 1.59 bits per heavy atom. The Kier molecular flexibility index (Phi) is 5.22. The van der Waals surface area contributed by atoms with Gasteiger partial charge in [-0.15, -0.1) is 11.6 Å². The molecule has 5 heteroatoms. The third-order valence-electron chi connectivity index (χ3n) is 2.58. The number of halogens is 1. The van der Waals surface area contributed by atoms with Crippen LogP contribution in [0.15, 0.2) is 23.1 Å². The number of aryl methyl sites for hydroxylation is 1. The van der Waals surface area contributed by atoms with E-state index >= 15 is 0 Å². The predicted molar refractivity (Wildman–Crippen MR) is 68.5 cm³/mol. The number of pyridine rings is 1. The van der Waals surface area contributed by atoms with E-state index in [1.807, 2.05) is 6.92 Å². The molecule has 1 N–H and O–H groups in total. The molecule has 1 amide bonds. The average molecular weight is 257 g/mol. The molecule has 0 saturated heterocycles. The smallest absolute Gasteiger partial charge is 0.251 e. The maximum atomic E-state index is 11.7. The van der Waals surface area contributed by atoms with Crippen molar-refractivity contribution in [3.05, 3.63) is 34.2 Å². The van der Waals surface area contributed by atoms with E-state index < -0.39 is 0 Å². The monoisotopic (exact) mass is 256 g/mol. The largest absolute Gasteiger partial charge is 0.352 e. The lowest BCUT2D eigenvalue weighted by atomic mass is 10.1. The molecule has 0 aliphatic rings. The summed E-state index contributed by atoms with van der Waals surface area (Å²) in [5, 5.41) is 2.78. The van der Waals surface area contributed by atoms with Gasteiger partial charge in [-0.2, -0.15) is 0 Å². The Balaban J connectivity index is 2.58. The summed E-state index contributed by atoms with van der Waals surface area (Å²) in [6, 6.07) is 2.96. The minimum absolute atomic E-state index is 0.188. The van der Waals surface area contributed by atoms with E-state index in [-0.39, 0.29) is 11.5 Å². The maximum absolute atomic E-state index is 11.7. The van der Waals surface area contributed by atoms with Crippen molar-refractivity contribution in [2.45, 2.75) is 13.3 Å². The number of hydrogen-bond acceptors (Lipinski definition) is 2. The molecule has 1 rings (SSSR count). The van der Waals surface area contributed by atoms with Gasteiger partial charge in [0.25, 0.3) is 11.5 Å². The third kappa shape index (κ3) is 4.23. The Bertz CT molecular complexity index is 442. The Hall–Kier alpha value is -1.29. The van der Waals surface area contributed by atoms with E-state index in [4.69, 9.17) is 11.6 Å². The number of alkyl halides is 1. The molecule has 0 bridgehead atoms. The van der Waals surface area contributed by atoms with Crippen LogP contribution < -0.4 is 10.9 Å². The van der Waals surface area contributed by atoms with Gasteiger partial charge in [0, 0.05) is 37.3 Å². The Morgan fingerprint density at radius 2 is 2.29 bits per heavy atom. The summed E-state index contributed by atoms with van der Waals surface area (Å²) < 4.78 is 1.42. The first-order valence-electron chi connectivity index (χ1n) is 5.55. The molecule has 0 fully saturated rings. The van der Waals surface area contributed by atoms with Crippen LogP contribution in [0.2, 0.25) is 0 Å². The number of amides is 1. The van der Waals surface area contributed by atoms with Crippen molar-refractivity contribution in [3.63, 3.8) is 0 Å². The normalized spacial score (nSPS) is 12.2. The zero-order chi connectivity index (χ0) is 12.8. The van der Waals surface area contributed by atoms with E-state index in [9.17, 15) is 9.59 Å². The maximum Gasteiger partial charge on any atom is 0.251 e. The number of carbonyl (C=O) groups excluding carboxylic acids is 1. The second kappa shape index (κ2) is 6.45. The number of carbonyl (C=O) groups is 1. The lowest BCUT2D eigenvalue weighted by Crippen LogP contribution is -2.29. The standard InChI is InChI=1S/C12H17ClN2O2/c1-9(3-5-13)8-14-12(17)10-4-6-15(2)11(16)7-10/h4,6-7,9H,3,5,8H2,1-2H3,(H,14,17). The minimum Gasteiger partial charge on any atom is -0.352 e. The molecule has 0 spiro atoms. The fraction of sp³-hybridized carbons (Fsp3) is 0.500. The van der Waals surface area contributed by atoms with Gasteiger partial charge in [-0.1, -0.05) is 6.92 Å². The molecule has 4 nitrogen and oxygen atoms in total. The highest BCUT2D eigenvalue weighted by Crippen LogP contribution is 2.02. The van der Waals surface area contributed by atoms with Gasteiger partial charge < -0.3 is 9.88 Å². The molecular formula is C12H17ClN2O2. The molecule has 94 valence electrons. The Morgan fingerprint density at radius 3 is 2.88 bits per heavy atom. The lowest BCUT2D eigenvalue weighted by molar-refractivity contribution is 0.0947. The Labute approximate surface area is 106 Å². The van der Waals surface area contributed by atoms with Crippen LogP contribution in [-0.2, 0) is 7.05 Å². The first-order valence-corrected chi connectivity index (χ1v) is 6.09. The molecule has 0 aliphatic carbocycles. The third-order valence-corrected chi connectivity index (χ3v) is 2.80. The van der Waals surface area contributed by atoms with Gasteiger partial charge in [-0.05, 0) is 18.4 Å². The minimum atomic E-state index is -0.218. The topological polar surface area (TPSA) is 51.1 Å². The van der Waals surface area contributed by atoms with Crippen LogP contribution in [0, 0.1) is 5.92 Å². The van der Waals surface area contributed by atoms with Gasteiger partial charge in [0.2, 0.25) is 0 Å². The van der Waals surface area contributed by atoms with E-state index in [1.165, 1.54) is 10.6 Å². The summed E-state index contributed by atoms with van der Waals surface area (Å²) >= 11 is 5.61. The predicted octanol–water partition coefficient (Wildman–Crippen LogP) is 1.38. The van der Waals surface area contributed by atoms with Crippen LogP contribution in [-0.4, -0.2) is 22.9 Å². The summed E-state index contributed by atoms with van der Waals surface area (Å²) in [7, 11) is 1.65. The number of aromatic nitrogens is 1. The summed E-state index contributed by atoms with van der Waals surface area (Å²) in [5.41, 5.74) is 0.206. The van der Waals surface area contributed by atoms with Gasteiger partial charge in [0.15, 0.2) is 0 Å². The molecule has 1 aromatic heterocycles. The van der Waals surface area contributed by atoms with Gasteiger partial charge in [-0.3, -0.25) is 9.59 Å². The molecule has 0 radical (unpaired) electrons. The highest BCUT2D eigenvalue weighted by molar-refractivity contribution is 6.17. The fourth-order valence-electron chi connectivity index (χ4n) is 1.35. The molecule has 1 aromatic rings. The molecular weight excluding hydrogens is 240 g/mol. The van der Waals surface area contributed by atoms with E-state index in [0.717, 1.165) is 6.42 Å². The van der Waals surface area contributed by atoms with Crippen molar-refractivity contribution in [1.82, 2.24) is 9.88 Å². The summed E-state index contributed by atoms with van der Waals surface area (Å²) in [4.78, 5) is 23.1. The van der Waals surface area contributed by atoms with Crippen molar-refractivity contribution in [2.75, 3.05) is 12.4 Å².